The minimum atomic E-state index is -2.83. The molecule has 0 aliphatic carbocycles. The molecule has 3 rings (SSSR count). The van der Waals surface area contributed by atoms with E-state index in [-0.39, 0.29) is 5.75 Å². The molecule has 0 unspecified atom stereocenters. The number of nitrogens with zero attached hydrogens (tertiary/aromatic N) is 3. The molecule has 1 aromatic carbocycles. The Morgan fingerprint density at radius 1 is 0.957 bits per heavy atom. The Hall–Kier alpha value is -3.09. The first kappa shape index (κ1) is 14.8. The molecular weight excluding hydrogens is 304 g/mol. The number of aromatic nitrogens is 3. The van der Waals surface area contributed by atoms with Gasteiger partial charge in [0.25, 0.3) is 0 Å². The summed E-state index contributed by atoms with van der Waals surface area (Å²) >= 11 is 0. The number of hydrogen-bond acceptors (Lipinski definition) is 5. The predicted molar refractivity (Wildman–Crippen MR) is 79.5 cm³/mol. The molecule has 7 heteroatoms. The highest BCUT2D eigenvalue weighted by molar-refractivity contribution is 5.66. The summed E-state index contributed by atoms with van der Waals surface area (Å²) in [6, 6.07) is 9.75. The monoisotopic (exact) mass is 315 g/mol. The Labute approximate surface area is 130 Å². The first-order valence-electron chi connectivity index (χ1n) is 6.67. The fourth-order valence-electron chi connectivity index (χ4n) is 1.84. The third kappa shape index (κ3) is 3.97. The van der Waals surface area contributed by atoms with Gasteiger partial charge in [0, 0.05) is 24.0 Å². The standard InChI is InChI=1S/C16H11F2N3O2/c17-16(18)22-13-4-1-11(2-5-13)3-6-14-20-21-15(23-14)12-7-9-19-10-8-12/h1-10,16H. The van der Waals surface area contributed by atoms with Crippen LogP contribution in [-0.4, -0.2) is 21.8 Å². The molecule has 0 saturated heterocycles. The van der Waals surface area contributed by atoms with E-state index in [0.29, 0.717) is 11.8 Å². The fraction of sp³-hybridized carbons (Fsp3) is 0.0625. The lowest BCUT2D eigenvalue weighted by atomic mass is 10.2. The van der Waals surface area contributed by atoms with E-state index in [0.717, 1.165) is 11.1 Å². The van der Waals surface area contributed by atoms with E-state index < -0.39 is 6.61 Å². The van der Waals surface area contributed by atoms with Gasteiger partial charge in [-0.25, -0.2) is 0 Å². The second-order valence-corrected chi connectivity index (χ2v) is 4.46. The maximum absolute atomic E-state index is 12.1. The molecule has 0 bridgehead atoms. The zero-order chi connectivity index (χ0) is 16.1. The maximum atomic E-state index is 12.1. The van der Waals surface area contributed by atoms with Crippen LogP contribution in [0.1, 0.15) is 11.5 Å². The summed E-state index contributed by atoms with van der Waals surface area (Å²) < 4.78 is 33.9. The largest absolute Gasteiger partial charge is 0.435 e. The highest BCUT2D eigenvalue weighted by Crippen LogP contribution is 2.19. The Balaban J connectivity index is 1.70. The van der Waals surface area contributed by atoms with Crippen LogP contribution in [0.5, 0.6) is 5.75 Å². The van der Waals surface area contributed by atoms with Crippen LogP contribution in [0, 0.1) is 0 Å². The van der Waals surface area contributed by atoms with Crippen molar-refractivity contribution in [2.45, 2.75) is 6.61 Å². The first-order valence-corrected chi connectivity index (χ1v) is 6.67. The zero-order valence-electron chi connectivity index (χ0n) is 11.8. The molecule has 116 valence electrons. The van der Waals surface area contributed by atoms with Crippen LogP contribution in [0.25, 0.3) is 23.6 Å². The summed E-state index contributed by atoms with van der Waals surface area (Å²) in [4.78, 5) is 3.92. The van der Waals surface area contributed by atoms with Gasteiger partial charge in [0.1, 0.15) is 5.75 Å². The topological polar surface area (TPSA) is 61.0 Å². The lowest BCUT2D eigenvalue weighted by molar-refractivity contribution is -0.0498. The molecule has 0 aliphatic heterocycles. The summed E-state index contributed by atoms with van der Waals surface area (Å²) in [6.45, 7) is -2.83. The summed E-state index contributed by atoms with van der Waals surface area (Å²) in [5.41, 5.74) is 1.57. The zero-order valence-corrected chi connectivity index (χ0v) is 11.8. The van der Waals surface area contributed by atoms with E-state index >= 15 is 0 Å². The van der Waals surface area contributed by atoms with Crippen molar-refractivity contribution in [1.82, 2.24) is 15.2 Å². The van der Waals surface area contributed by atoms with Crippen molar-refractivity contribution in [3.8, 4) is 17.2 Å². The first-order chi connectivity index (χ1) is 11.2. The number of alkyl halides is 2. The van der Waals surface area contributed by atoms with Crippen LogP contribution in [-0.2, 0) is 0 Å². The van der Waals surface area contributed by atoms with E-state index in [1.807, 2.05) is 0 Å². The van der Waals surface area contributed by atoms with Crippen molar-refractivity contribution in [3.05, 3.63) is 60.2 Å². The molecule has 23 heavy (non-hydrogen) atoms. The van der Waals surface area contributed by atoms with Crippen LogP contribution >= 0.6 is 0 Å². The SMILES string of the molecule is FC(F)Oc1ccc(C=Cc2nnc(-c3ccncc3)o2)cc1. The van der Waals surface area contributed by atoms with Gasteiger partial charge in [-0.3, -0.25) is 4.98 Å². The minimum absolute atomic E-state index is 0.106. The average molecular weight is 315 g/mol. The molecule has 0 N–H and O–H groups in total. The molecule has 0 radical (unpaired) electrons. The van der Waals surface area contributed by atoms with Gasteiger partial charge in [-0.2, -0.15) is 8.78 Å². The van der Waals surface area contributed by atoms with E-state index in [2.05, 4.69) is 19.9 Å². The van der Waals surface area contributed by atoms with E-state index in [4.69, 9.17) is 4.42 Å². The molecule has 2 heterocycles. The van der Waals surface area contributed by atoms with Crippen molar-refractivity contribution < 1.29 is 17.9 Å². The van der Waals surface area contributed by atoms with Crippen molar-refractivity contribution in [1.29, 1.82) is 0 Å². The molecule has 0 spiro atoms. The van der Waals surface area contributed by atoms with Crippen LogP contribution in [0.2, 0.25) is 0 Å². The minimum Gasteiger partial charge on any atom is -0.435 e. The van der Waals surface area contributed by atoms with Gasteiger partial charge in [-0.1, -0.05) is 12.1 Å². The molecule has 0 amide bonds. The normalized spacial score (nSPS) is 11.3. The van der Waals surface area contributed by atoms with Gasteiger partial charge in [-0.15, -0.1) is 10.2 Å². The molecule has 0 saturated carbocycles. The summed E-state index contributed by atoms with van der Waals surface area (Å²) in [7, 11) is 0. The molecule has 0 aliphatic rings. The average Bonchev–Trinajstić information content (AvgIpc) is 3.04. The number of halogens is 2. The number of ether oxygens (including phenoxy) is 1. The smallest absolute Gasteiger partial charge is 0.387 e. The van der Waals surface area contributed by atoms with E-state index in [1.165, 1.54) is 12.1 Å². The van der Waals surface area contributed by atoms with Crippen molar-refractivity contribution in [2.75, 3.05) is 0 Å². The number of benzene rings is 1. The molecule has 0 fully saturated rings. The second-order valence-electron chi connectivity index (χ2n) is 4.46. The van der Waals surface area contributed by atoms with Crippen molar-refractivity contribution in [3.63, 3.8) is 0 Å². The van der Waals surface area contributed by atoms with Gasteiger partial charge in [-0.05, 0) is 35.9 Å². The van der Waals surface area contributed by atoms with Crippen molar-refractivity contribution in [2.24, 2.45) is 0 Å². The van der Waals surface area contributed by atoms with Gasteiger partial charge in [0.15, 0.2) is 0 Å². The lowest BCUT2D eigenvalue weighted by Crippen LogP contribution is -2.01. The molecule has 2 aromatic heterocycles. The molecular formula is C16H11F2N3O2. The summed E-state index contributed by atoms with van der Waals surface area (Å²) in [5.74, 6) is 0.840. The van der Waals surface area contributed by atoms with Crippen LogP contribution in [0.4, 0.5) is 8.78 Å². The van der Waals surface area contributed by atoms with E-state index in [9.17, 15) is 8.78 Å². The molecule has 5 nitrogen and oxygen atoms in total. The molecule has 3 aromatic rings. The Morgan fingerprint density at radius 3 is 2.39 bits per heavy atom. The van der Waals surface area contributed by atoms with Crippen LogP contribution in [0.15, 0.2) is 53.2 Å². The van der Waals surface area contributed by atoms with Gasteiger partial charge >= 0.3 is 6.61 Å². The van der Waals surface area contributed by atoms with Crippen LogP contribution < -0.4 is 4.74 Å². The number of pyridine rings is 1. The predicted octanol–water partition coefficient (Wildman–Crippen LogP) is 3.90. The fourth-order valence-corrected chi connectivity index (χ4v) is 1.84. The lowest BCUT2D eigenvalue weighted by Gasteiger charge is -2.03. The van der Waals surface area contributed by atoms with Crippen molar-refractivity contribution >= 4 is 12.2 Å². The van der Waals surface area contributed by atoms with E-state index in [1.54, 1.807) is 48.8 Å². The maximum Gasteiger partial charge on any atom is 0.387 e. The second kappa shape index (κ2) is 6.78. The Kier molecular flexibility index (Phi) is 4.37. The Morgan fingerprint density at radius 2 is 1.70 bits per heavy atom. The quantitative estimate of drug-likeness (QED) is 0.714. The Bertz CT molecular complexity index is 787. The summed E-state index contributed by atoms with van der Waals surface area (Å²) in [6.07, 6.45) is 6.65. The third-order valence-corrected chi connectivity index (χ3v) is 2.89. The number of hydrogen-bond donors (Lipinski definition) is 0. The van der Waals surface area contributed by atoms with Crippen LogP contribution in [0.3, 0.4) is 0 Å². The highest BCUT2D eigenvalue weighted by Gasteiger charge is 2.06. The number of rotatable bonds is 5. The summed E-state index contributed by atoms with van der Waals surface area (Å²) in [5, 5.41) is 7.86. The van der Waals surface area contributed by atoms with Gasteiger partial charge in [0.05, 0.1) is 0 Å². The third-order valence-electron chi connectivity index (χ3n) is 2.89. The highest BCUT2D eigenvalue weighted by atomic mass is 19.3. The van der Waals surface area contributed by atoms with Gasteiger partial charge < -0.3 is 9.15 Å². The molecule has 0 atom stereocenters. The van der Waals surface area contributed by atoms with Gasteiger partial charge in [0.2, 0.25) is 11.8 Å².